The number of urea groups is 1. The summed E-state index contributed by atoms with van der Waals surface area (Å²) in [5.74, 6) is 0.140. The van der Waals surface area contributed by atoms with E-state index in [0.29, 0.717) is 17.3 Å². The first-order valence-corrected chi connectivity index (χ1v) is 7.44. The van der Waals surface area contributed by atoms with E-state index in [1.807, 2.05) is 32.0 Å². The minimum Gasteiger partial charge on any atom is -0.303 e. The lowest BCUT2D eigenvalue weighted by molar-refractivity contribution is 0.0758. The number of anilines is 1. The highest BCUT2D eigenvalue weighted by Gasteiger charge is 2.18. The smallest absolute Gasteiger partial charge is 0.303 e. The number of amides is 2. The molecule has 1 aromatic heterocycles. The van der Waals surface area contributed by atoms with Gasteiger partial charge in [-0.05, 0) is 25.0 Å². The number of rotatable bonds is 5. The Morgan fingerprint density at radius 1 is 1.41 bits per heavy atom. The quantitative estimate of drug-likeness (QED) is 0.824. The maximum absolute atomic E-state index is 11.7. The van der Waals surface area contributed by atoms with Crippen molar-refractivity contribution in [3.05, 3.63) is 41.2 Å². The predicted molar refractivity (Wildman–Crippen MR) is 86.4 cm³/mol. The summed E-state index contributed by atoms with van der Waals surface area (Å²) >= 11 is 6.24. The van der Waals surface area contributed by atoms with Crippen molar-refractivity contribution in [1.82, 2.24) is 15.3 Å². The van der Waals surface area contributed by atoms with Crippen molar-refractivity contribution in [3.63, 3.8) is 0 Å². The van der Waals surface area contributed by atoms with Crippen LogP contribution >= 0.6 is 11.6 Å². The lowest BCUT2D eigenvalue weighted by Crippen LogP contribution is -2.29. The van der Waals surface area contributed by atoms with Crippen LogP contribution in [-0.4, -0.2) is 22.4 Å². The van der Waals surface area contributed by atoms with Crippen molar-refractivity contribution in [3.8, 4) is 5.69 Å². The Kier molecular flexibility index (Phi) is 5.41. The van der Waals surface area contributed by atoms with Crippen molar-refractivity contribution in [2.24, 2.45) is 0 Å². The van der Waals surface area contributed by atoms with Gasteiger partial charge in [-0.1, -0.05) is 37.6 Å². The summed E-state index contributed by atoms with van der Waals surface area (Å²) < 4.78 is 1.74. The highest BCUT2D eigenvalue weighted by atomic mass is 35.5. The number of benzene rings is 1. The van der Waals surface area contributed by atoms with Crippen molar-refractivity contribution < 1.29 is 9.63 Å². The molecular formula is C15H19ClN4O2. The van der Waals surface area contributed by atoms with Gasteiger partial charge in [0.1, 0.15) is 0 Å². The number of halogens is 1. The molecule has 118 valence electrons. The van der Waals surface area contributed by atoms with E-state index < -0.39 is 6.03 Å². The second-order valence-electron chi connectivity index (χ2n) is 4.95. The molecule has 2 aromatic rings. The molecule has 0 aliphatic rings. The van der Waals surface area contributed by atoms with Gasteiger partial charge in [0.2, 0.25) is 0 Å². The summed E-state index contributed by atoms with van der Waals surface area (Å²) in [7, 11) is 0. The second-order valence-corrected chi connectivity index (χ2v) is 5.36. The van der Waals surface area contributed by atoms with Gasteiger partial charge in [-0.2, -0.15) is 5.10 Å². The third-order valence-electron chi connectivity index (χ3n) is 2.99. The highest BCUT2D eigenvalue weighted by molar-refractivity contribution is 6.32. The molecule has 0 aliphatic heterocycles. The van der Waals surface area contributed by atoms with E-state index in [1.54, 1.807) is 23.9 Å². The number of aromatic nitrogens is 2. The molecule has 0 fully saturated rings. The van der Waals surface area contributed by atoms with Crippen LogP contribution < -0.4 is 10.8 Å². The molecule has 0 radical (unpaired) electrons. The van der Waals surface area contributed by atoms with Crippen LogP contribution in [0.15, 0.2) is 30.5 Å². The largest absolute Gasteiger partial charge is 0.343 e. The molecule has 0 atom stereocenters. The monoisotopic (exact) mass is 322 g/mol. The van der Waals surface area contributed by atoms with Crippen LogP contribution in [0.25, 0.3) is 5.69 Å². The number of hydrogen-bond acceptors (Lipinski definition) is 3. The fourth-order valence-electron chi connectivity index (χ4n) is 2.11. The van der Waals surface area contributed by atoms with E-state index in [2.05, 4.69) is 15.9 Å². The Morgan fingerprint density at radius 2 is 2.14 bits per heavy atom. The zero-order chi connectivity index (χ0) is 16.1. The van der Waals surface area contributed by atoms with Gasteiger partial charge >= 0.3 is 6.03 Å². The molecule has 1 heterocycles. The van der Waals surface area contributed by atoms with E-state index in [4.69, 9.17) is 16.4 Å². The van der Waals surface area contributed by atoms with Crippen LogP contribution in [0.3, 0.4) is 0 Å². The molecule has 1 aromatic carbocycles. The zero-order valence-electron chi connectivity index (χ0n) is 12.8. The average Bonchev–Trinajstić information content (AvgIpc) is 2.89. The van der Waals surface area contributed by atoms with Gasteiger partial charge in [0, 0.05) is 0 Å². The number of nitrogens with one attached hydrogen (secondary N) is 2. The van der Waals surface area contributed by atoms with Crippen LogP contribution in [0.1, 0.15) is 32.4 Å². The van der Waals surface area contributed by atoms with Gasteiger partial charge in [0.15, 0.2) is 0 Å². The number of hydroxylamine groups is 1. The fraction of sp³-hybridized carbons (Fsp3) is 0.333. The van der Waals surface area contributed by atoms with Crippen LogP contribution in [-0.2, 0) is 4.84 Å². The van der Waals surface area contributed by atoms with Crippen LogP contribution in [0.4, 0.5) is 10.5 Å². The minimum atomic E-state index is -0.442. The molecule has 22 heavy (non-hydrogen) atoms. The van der Waals surface area contributed by atoms with Crippen LogP contribution in [0, 0.1) is 0 Å². The third kappa shape index (κ3) is 3.58. The summed E-state index contributed by atoms with van der Waals surface area (Å²) in [5.41, 5.74) is 4.54. The molecule has 0 aliphatic carbocycles. The van der Waals surface area contributed by atoms with E-state index in [9.17, 15) is 4.79 Å². The molecule has 0 bridgehead atoms. The second kappa shape index (κ2) is 7.29. The van der Waals surface area contributed by atoms with E-state index >= 15 is 0 Å². The Hall–Kier alpha value is -2.05. The zero-order valence-corrected chi connectivity index (χ0v) is 13.5. The Balaban J connectivity index is 2.34. The topological polar surface area (TPSA) is 68.2 Å². The average molecular weight is 323 g/mol. The van der Waals surface area contributed by atoms with Crippen molar-refractivity contribution in [1.29, 1.82) is 0 Å². The summed E-state index contributed by atoms with van der Waals surface area (Å²) in [6.07, 6.45) is 1.60. The number of carbonyl (C=O) groups is 1. The molecular weight excluding hydrogens is 304 g/mol. The molecule has 0 saturated heterocycles. The Bertz CT molecular complexity index is 655. The number of para-hydroxylation sites is 1. The molecule has 0 saturated carbocycles. The van der Waals surface area contributed by atoms with Gasteiger partial charge in [0.05, 0.1) is 34.9 Å². The van der Waals surface area contributed by atoms with Gasteiger partial charge in [0.25, 0.3) is 0 Å². The Morgan fingerprint density at radius 3 is 2.77 bits per heavy atom. The molecule has 6 nitrogen and oxygen atoms in total. The van der Waals surface area contributed by atoms with Gasteiger partial charge < -0.3 is 5.32 Å². The van der Waals surface area contributed by atoms with Crippen molar-refractivity contribution >= 4 is 23.3 Å². The predicted octanol–water partition coefficient (Wildman–Crippen LogP) is 3.72. The number of carbonyl (C=O) groups excluding carboxylic acids is 1. The van der Waals surface area contributed by atoms with E-state index in [1.165, 1.54) is 0 Å². The summed E-state index contributed by atoms with van der Waals surface area (Å²) in [4.78, 5) is 16.6. The number of hydrogen-bond donors (Lipinski definition) is 2. The maximum Gasteiger partial charge on any atom is 0.343 e. The highest BCUT2D eigenvalue weighted by Crippen LogP contribution is 2.29. The van der Waals surface area contributed by atoms with E-state index in [0.717, 1.165) is 11.4 Å². The first-order valence-electron chi connectivity index (χ1n) is 7.06. The first-order chi connectivity index (χ1) is 10.5. The standard InChI is InChI=1S/C15H19ClN4O2/c1-4-22-19-15(21)18-12-9-17-20(14(12)10(2)3)13-8-6-5-7-11(13)16/h5-10H,4H2,1-3H3,(H2,18,19,21). The van der Waals surface area contributed by atoms with Crippen LogP contribution in [0.5, 0.6) is 0 Å². The molecule has 2 amide bonds. The maximum atomic E-state index is 11.7. The molecule has 2 rings (SSSR count). The number of nitrogens with zero attached hydrogens (tertiary/aromatic N) is 2. The Labute approximate surface area is 134 Å². The van der Waals surface area contributed by atoms with Gasteiger partial charge in [-0.15, -0.1) is 0 Å². The summed E-state index contributed by atoms with van der Waals surface area (Å²) in [5, 5.41) is 7.68. The molecule has 2 N–H and O–H groups in total. The SMILES string of the molecule is CCONC(=O)Nc1cnn(-c2ccccc2Cl)c1C(C)C. The lowest BCUT2D eigenvalue weighted by Gasteiger charge is -2.14. The van der Waals surface area contributed by atoms with Gasteiger partial charge in [-0.3, -0.25) is 4.84 Å². The lowest BCUT2D eigenvalue weighted by atomic mass is 10.1. The summed E-state index contributed by atoms with van der Waals surface area (Å²) in [6, 6.07) is 6.99. The summed E-state index contributed by atoms with van der Waals surface area (Å²) in [6.45, 7) is 6.23. The third-order valence-corrected chi connectivity index (χ3v) is 3.31. The molecule has 0 unspecified atom stereocenters. The normalized spacial score (nSPS) is 10.8. The minimum absolute atomic E-state index is 0.140. The van der Waals surface area contributed by atoms with Crippen LogP contribution in [0.2, 0.25) is 5.02 Å². The molecule has 0 spiro atoms. The molecule has 7 heteroatoms. The van der Waals surface area contributed by atoms with Crippen molar-refractivity contribution in [2.45, 2.75) is 26.7 Å². The van der Waals surface area contributed by atoms with Crippen molar-refractivity contribution in [2.75, 3.05) is 11.9 Å². The van der Waals surface area contributed by atoms with E-state index in [-0.39, 0.29) is 5.92 Å². The fourth-order valence-corrected chi connectivity index (χ4v) is 2.33. The van der Waals surface area contributed by atoms with Gasteiger partial charge in [-0.25, -0.2) is 15.0 Å². The first kappa shape index (κ1) is 16.3.